The van der Waals surface area contributed by atoms with Gasteiger partial charge in [0.15, 0.2) is 5.69 Å². The normalized spacial score (nSPS) is 12.7. The van der Waals surface area contributed by atoms with Crippen molar-refractivity contribution in [2.75, 3.05) is 18.4 Å². The van der Waals surface area contributed by atoms with Crippen LogP contribution < -0.4 is 16.0 Å². The van der Waals surface area contributed by atoms with E-state index in [-0.39, 0.29) is 24.2 Å². The molecule has 0 aliphatic carbocycles. The summed E-state index contributed by atoms with van der Waals surface area (Å²) in [7, 11) is 0. The summed E-state index contributed by atoms with van der Waals surface area (Å²) in [6.07, 6.45) is 0.835. The molecule has 25 heavy (non-hydrogen) atoms. The van der Waals surface area contributed by atoms with Crippen LogP contribution in [0.25, 0.3) is 0 Å². The fourth-order valence-corrected chi connectivity index (χ4v) is 2.76. The van der Waals surface area contributed by atoms with Crippen molar-refractivity contribution in [3.05, 3.63) is 46.3 Å². The highest BCUT2D eigenvalue weighted by atomic mass is 35.5. The lowest BCUT2D eigenvalue weighted by Crippen LogP contribution is -2.25. The molecule has 8 heteroatoms. The molecule has 2 amide bonds. The van der Waals surface area contributed by atoms with Gasteiger partial charge >= 0.3 is 0 Å². The standard InChI is InChI=1S/C17H21N5O2.ClH/c1-3-19-16(23)11-5-4-10(2)14(8-11)20-17(24)15-12-9-18-7-6-13(12)21-22-15;/h4-5,8,18H,3,6-7,9H2,1-2H3,(H,19,23)(H,20,24)(H,21,22);1H. The number of nitrogens with one attached hydrogen (secondary N) is 4. The predicted octanol–water partition coefficient (Wildman–Crippen LogP) is 1.79. The molecule has 0 atom stereocenters. The first-order valence-electron chi connectivity index (χ1n) is 8.07. The van der Waals surface area contributed by atoms with Crippen LogP contribution in [0.1, 0.15) is 44.6 Å². The lowest BCUT2D eigenvalue weighted by Gasteiger charge is -2.14. The maximum atomic E-state index is 12.6. The number of rotatable bonds is 4. The number of aromatic amines is 1. The van der Waals surface area contributed by atoms with Crippen molar-refractivity contribution in [1.29, 1.82) is 0 Å². The summed E-state index contributed by atoms with van der Waals surface area (Å²) in [6, 6.07) is 5.26. The number of carbonyl (C=O) groups excluding carboxylic acids is 2. The lowest BCUT2D eigenvalue weighted by atomic mass is 10.1. The van der Waals surface area contributed by atoms with Gasteiger partial charge in [-0.15, -0.1) is 12.4 Å². The molecule has 0 spiro atoms. The SMILES string of the molecule is CCNC(=O)c1ccc(C)c(NC(=O)c2n[nH]c3c2CNCC3)c1.Cl. The summed E-state index contributed by atoms with van der Waals surface area (Å²) in [5.74, 6) is -0.429. The van der Waals surface area contributed by atoms with Crippen LogP contribution in [0.2, 0.25) is 0 Å². The smallest absolute Gasteiger partial charge is 0.276 e. The third kappa shape index (κ3) is 4.00. The number of anilines is 1. The Kier molecular flexibility index (Phi) is 6.17. The quantitative estimate of drug-likeness (QED) is 0.665. The van der Waals surface area contributed by atoms with E-state index in [4.69, 9.17) is 0 Å². The Morgan fingerprint density at radius 1 is 1.28 bits per heavy atom. The van der Waals surface area contributed by atoms with Crippen molar-refractivity contribution in [2.45, 2.75) is 26.8 Å². The van der Waals surface area contributed by atoms with Crippen LogP contribution in [0.5, 0.6) is 0 Å². The van der Waals surface area contributed by atoms with Gasteiger partial charge < -0.3 is 16.0 Å². The monoisotopic (exact) mass is 363 g/mol. The van der Waals surface area contributed by atoms with Crippen LogP contribution in [0.15, 0.2) is 18.2 Å². The minimum Gasteiger partial charge on any atom is -0.352 e. The number of carbonyl (C=O) groups is 2. The molecule has 7 nitrogen and oxygen atoms in total. The van der Waals surface area contributed by atoms with E-state index in [1.807, 2.05) is 19.9 Å². The fraction of sp³-hybridized carbons (Fsp3) is 0.353. The topological polar surface area (TPSA) is 98.9 Å². The molecule has 1 aromatic carbocycles. The summed E-state index contributed by atoms with van der Waals surface area (Å²) in [5, 5.41) is 16.0. The lowest BCUT2D eigenvalue weighted by molar-refractivity contribution is 0.0954. The number of H-pyrrole nitrogens is 1. The average Bonchev–Trinajstić information content (AvgIpc) is 3.01. The number of hydrogen-bond donors (Lipinski definition) is 4. The summed E-state index contributed by atoms with van der Waals surface area (Å²) < 4.78 is 0. The molecule has 1 aliphatic rings. The Labute approximate surface area is 152 Å². The number of aromatic nitrogens is 2. The van der Waals surface area contributed by atoms with E-state index in [1.165, 1.54) is 0 Å². The summed E-state index contributed by atoms with van der Waals surface area (Å²) in [5.41, 5.74) is 4.34. The number of hydrogen-bond acceptors (Lipinski definition) is 4. The largest absolute Gasteiger partial charge is 0.352 e. The highest BCUT2D eigenvalue weighted by Crippen LogP contribution is 2.20. The Morgan fingerprint density at radius 2 is 2.08 bits per heavy atom. The van der Waals surface area contributed by atoms with Gasteiger partial charge in [-0.3, -0.25) is 14.7 Å². The molecular formula is C17H22ClN5O2. The van der Waals surface area contributed by atoms with Crippen LogP contribution in [0.3, 0.4) is 0 Å². The van der Waals surface area contributed by atoms with E-state index in [2.05, 4.69) is 26.1 Å². The number of fused-ring (bicyclic) bond motifs is 1. The molecule has 134 valence electrons. The molecule has 0 bridgehead atoms. The molecule has 1 aliphatic heterocycles. The van der Waals surface area contributed by atoms with Gasteiger partial charge in [0.25, 0.3) is 11.8 Å². The maximum Gasteiger partial charge on any atom is 0.276 e. The number of halogens is 1. The third-order valence-corrected chi connectivity index (χ3v) is 4.11. The van der Waals surface area contributed by atoms with Gasteiger partial charge in [-0.2, -0.15) is 5.10 Å². The van der Waals surface area contributed by atoms with Crippen molar-refractivity contribution >= 4 is 29.9 Å². The first kappa shape index (κ1) is 19.0. The second kappa shape index (κ2) is 8.13. The number of nitrogens with zero attached hydrogens (tertiary/aromatic N) is 1. The van der Waals surface area contributed by atoms with Gasteiger partial charge in [0.2, 0.25) is 0 Å². The molecule has 0 fully saturated rings. The molecule has 0 saturated heterocycles. The van der Waals surface area contributed by atoms with Crippen molar-refractivity contribution in [3.8, 4) is 0 Å². The molecule has 0 radical (unpaired) electrons. The van der Waals surface area contributed by atoms with Gasteiger partial charge in [0, 0.05) is 48.6 Å². The van der Waals surface area contributed by atoms with Gasteiger partial charge in [-0.05, 0) is 31.5 Å². The predicted molar refractivity (Wildman–Crippen MR) is 98.4 cm³/mol. The molecule has 1 aromatic heterocycles. The zero-order valence-electron chi connectivity index (χ0n) is 14.2. The molecular weight excluding hydrogens is 342 g/mol. The zero-order valence-corrected chi connectivity index (χ0v) is 15.0. The fourth-order valence-electron chi connectivity index (χ4n) is 2.76. The van der Waals surface area contributed by atoms with Crippen LogP contribution in [-0.4, -0.2) is 35.1 Å². The minimum atomic E-state index is -0.271. The number of aryl methyl sites for hydroxylation is 1. The van der Waals surface area contributed by atoms with E-state index < -0.39 is 0 Å². The van der Waals surface area contributed by atoms with Crippen LogP contribution in [0.4, 0.5) is 5.69 Å². The first-order valence-corrected chi connectivity index (χ1v) is 8.07. The van der Waals surface area contributed by atoms with Crippen molar-refractivity contribution < 1.29 is 9.59 Å². The molecule has 3 rings (SSSR count). The van der Waals surface area contributed by atoms with Gasteiger partial charge in [-0.1, -0.05) is 6.07 Å². The second-order valence-corrected chi connectivity index (χ2v) is 5.80. The van der Waals surface area contributed by atoms with Crippen molar-refractivity contribution in [2.24, 2.45) is 0 Å². The van der Waals surface area contributed by atoms with Crippen LogP contribution in [-0.2, 0) is 13.0 Å². The van der Waals surface area contributed by atoms with Gasteiger partial charge in [-0.25, -0.2) is 0 Å². The van der Waals surface area contributed by atoms with Gasteiger partial charge in [0.1, 0.15) is 0 Å². The van der Waals surface area contributed by atoms with Crippen LogP contribution >= 0.6 is 12.4 Å². The Balaban J connectivity index is 0.00000225. The molecule has 2 aromatic rings. The molecule has 0 unspecified atom stereocenters. The zero-order chi connectivity index (χ0) is 17.1. The summed E-state index contributed by atoms with van der Waals surface area (Å²) in [6.45, 7) is 5.82. The summed E-state index contributed by atoms with van der Waals surface area (Å²) in [4.78, 5) is 24.5. The highest BCUT2D eigenvalue weighted by molar-refractivity contribution is 6.05. The first-order chi connectivity index (χ1) is 11.6. The second-order valence-electron chi connectivity index (χ2n) is 5.80. The van der Waals surface area contributed by atoms with E-state index in [0.717, 1.165) is 29.8 Å². The molecule has 4 N–H and O–H groups in total. The van der Waals surface area contributed by atoms with E-state index >= 15 is 0 Å². The Morgan fingerprint density at radius 3 is 2.84 bits per heavy atom. The number of benzene rings is 1. The van der Waals surface area contributed by atoms with Gasteiger partial charge in [0.05, 0.1) is 0 Å². The van der Waals surface area contributed by atoms with E-state index in [1.54, 1.807) is 12.1 Å². The van der Waals surface area contributed by atoms with E-state index in [0.29, 0.717) is 30.0 Å². The Bertz CT molecular complexity index is 787. The average molecular weight is 364 g/mol. The van der Waals surface area contributed by atoms with E-state index in [9.17, 15) is 9.59 Å². The highest BCUT2D eigenvalue weighted by Gasteiger charge is 2.22. The molecule has 0 saturated carbocycles. The third-order valence-electron chi connectivity index (χ3n) is 4.11. The summed E-state index contributed by atoms with van der Waals surface area (Å²) >= 11 is 0. The molecule has 2 heterocycles. The number of amides is 2. The maximum absolute atomic E-state index is 12.6. The Hall–Kier alpha value is -2.38. The van der Waals surface area contributed by atoms with Crippen LogP contribution in [0, 0.1) is 6.92 Å². The van der Waals surface area contributed by atoms with Crippen molar-refractivity contribution in [1.82, 2.24) is 20.8 Å². The minimum absolute atomic E-state index is 0. The van der Waals surface area contributed by atoms with Crippen molar-refractivity contribution in [3.63, 3.8) is 0 Å².